The summed E-state index contributed by atoms with van der Waals surface area (Å²) in [6.45, 7) is 8.83. The second-order valence-electron chi connectivity index (χ2n) is 7.33. The van der Waals surface area contributed by atoms with Crippen molar-refractivity contribution in [1.29, 1.82) is 0 Å². The number of hydrogen-bond acceptors (Lipinski definition) is 5. The van der Waals surface area contributed by atoms with E-state index in [1.165, 1.54) is 11.6 Å². The molecule has 2 aromatic heterocycles. The van der Waals surface area contributed by atoms with Gasteiger partial charge in [0.1, 0.15) is 5.65 Å². The molecule has 0 aliphatic heterocycles. The lowest BCUT2D eigenvalue weighted by Crippen LogP contribution is -2.38. The number of fused-ring (bicyclic) bond motifs is 1. The maximum Gasteiger partial charge on any atom is 0.332 e. The maximum absolute atomic E-state index is 12.6. The number of hydrogen-bond donors (Lipinski definition) is 1. The highest BCUT2D eigenvalue weighted by molar-refractivity contribution is 5.80. The Morgan fingerprint density at radius 1 is 1.18 bits per heavy atom. The van der Waals surface area contributed by atoms with Crippen LogP contribution in [0.25, 0.3) is 11.0 Å². The number of nitrogens with one attached hydrogen (secondary N) is 1. The zero-order valence-corrected chi connectivity index (χ0v) is 17.6. The van der Waals surface area contributed by atoms with Crippen LogP contribution in [0.5, 0.6) is 0 Å². The Labute approximate surface area is 164 Å². The SMILES string of the molecule is Cc1nc2c(c(C)c1CCC(=O)NCCCOC(C)C)c(=O)n(C)c(=O)n2C. The predicted octanol–water partition coefficient (Wildman–Crippen LogP) is 1.11. The molecular weight excluding hydrogens is 360 g/mol. The number of amides is 1. The first kappa shape index (κ1) is 21.8. The molecule has 0 radical (unpaired) electrons. The molecule has 0 aliphatic rings. The number of aryl methyl sites for hydroxylation is 3. The molecule has 8 heteroatoms. The Morgan fingerprint density at radius 2 is 1.86 bits per heavy atom. The van der Waals surface area contributed by atoms with Crippen LogP contribution in [-0.2, 0) is 30.0 Å². The zero-order valence-electron chi connectivity index (χ0n) is 17.6. The molecule has 0 saturated carbocycles. The van der Waals surface area contributed by atoms with Gasteiger partial charge in [0.05, 0.1) is 11.5 Å². The number of pyridine rings is 1. The van der Waals surface area contributed by atoms with Crippen molar-refractivity contribution < 1.29 is 9.53 Å². The van der Waals surface area contributed by atoms with E-state index in [1.54, 1.807) is 7.05 Å². The van der Waals surface area contributed by atoms with E-state index >= 15 is 0 Å². The Kier molecular flexibility index (Phi) is 7.12. The summed E-state index contributed by atoms with van der Waals surface area (Å²) in [6.07, 6.45) is 1.76. The molecule has 0 spiro atoms. The van der Waals surface area contributed by atoms with Gasteiger partial charge in [-0.1, -0.05) is 0 Å². The quantitative estimate of drug-likeness (QED) is 0.682. The first-order chi connectivity index (χ1) is 13.1. The lowest BCUT2D eigenvalue weighted by molar-refractivity contribution is -0.121. The molecule has 2 rings (SSSR count). The minimum atomic E-state index is -0.405. The highest BCUT2D eigenvalue weighted by Crippen LogP contribution is 2.20. The van der Waals surface area contributed by atoms with E-state index in [1.807, 2.05) is 27.7 Å². The van der Waals surface area contributed by atoms with Crippen molar-refractivity contribution in [2.45, 2.75) is 53.1 Å². The average molecular weight is 390 g/mol. The molecule has 8 nitrogen and oxygen atoms in total. The van der Waals surface area contributed by atoms with Gasteiger partial charge in [-0.15, -0.1) is 0 Å². The van der Waals surface area contributed by atoms with E-state index in [9.17, 15) is 14.4 Å². The van der Waals surface area contributed by atoms with Crippen molar-refractivity contribution in [2.24, 2.45) is 14.1 Å². The van der Waals surface area contributed by atoms with Crippen molar-refractivity contribution >= 4 is 16.9 Å². The Hall–Kier alpha value is -2.48. The van der Waals surface area contributed by atoms with Crippen LogP contribution in [-0.4, -0.2) is 39.3 Å². The second kappa shape index (κ2) is 9.14. The number of nitrogens with zero attached hydrogens (tertiary/aromatic N) is 3. The van der Waals surface area contributed by atoms with E-state index in [-0.39, 0.29) is 17.6 Å². The summed E-state index contributed by atoms with van der Waals surface area (Å²) in [5, 5.41) is 3.32. The monoisotopic (exact) mass is 390 g/mol. The van der Waals surface area contributed by atoms with E-state index in [4.69, 9.17) is 4.74 Å². The van der Waals surface area contributed by atoms with Gasteiger partial charge in [0.25, 0.3) is 5.56 Å². The van der Waals surface area contributed by atoms with E-state index in [2.05, 4.69) is 10.3 Å². The number of aromatic nitrogens is 3. The van der Waals surface area contributed by atoms with Crippen molar-refractivity contribution in [2.75, 3.05) is 13.2 Å². The van der Waals surface area contributed by atoms with Crippen LogP contribution in [0.15, 0.2) is 9.59 Å². The Balaban J connectivity index is 2.14. The lowest BCUT2D eigenvalue weighted by Gasteiger charge is -2.15. The van der Waals surface area contributed by atoms with Gasteiger partial charge >= 0.3 is 5.69 Å². The van der Waals surface area contributed by atoms with Crippen LogP contribution in [0, 0.1) is 13.8 Å². The molecule has 28 heavy (non-hydrogen) atoms. The van der Waals surface area contributed by atoms with E-state index < -0.39 is 5.69 Å². The van der Waals surface area contributed by atoms with Crippen LogP contribution in [0.2, 0.25) is 0 Å². The van der Waals surface area contributed by atoms with Gasteiger partial charge in [-0.25, -0.2) is 9.78 Å². The fraction of sp³-hybridized carbons (Fsp3) is 0.600. The van der Waals surface area contributed by atoms with Crippen molar-refractivity contribution in [3.63, 3.8) is 0 Å². The molecule has 0 unspecified atom stereocenters. The molecule has 1 amide bonds. The number of ether oxygens (including phenoxy) is 1. The smallest absolute Gasteiger partial charge is 0.332 e. The Bertz CT molecular complexity index is 989. The molecule has 0 bridgehead atoms. The number of carbonyl (C=O) groups excluding carboxylic acids is 1. The van der Waals surface area contributed by atoms with Crippen LogP contribution < -0.4 is 16.6 Å². The molecular formula is C20H30N4O4. The van der Waals surface area contributed by atoms with Crippen LogP contribution in [0.1, 0.15) is 43.5 Å². The average Bonchev–Trinajstić information content (AvgIpc) is 2.63. The third kappa shape index (κ3) is 4.67. The minimum Gasteiger partial charge on any atom is -0.379 e. The highest BCUT2D eigenvalue weighted by Gasteiger charge is 2.17. The molecule has 0 aliphatic carbocycles. The summed E-state index contributed by atoms with van der Waals surface area (Å²) < 4.78 is 7.92. The summed E-state index contributed by atoms with van der Waals surface area (Å²) in [4.78, 5) is 41.3. The molecule has 0 fully saturated rings. The van der Waals surface area contributed by atoms with Crippen LogP contribution in [0.4, 0.5) is 0 Å². The van der Waals surface area contributed by atoms with Gasteiger partial charge in [-0.05, 0) is 51.7 Å². The van der Waals surface area contributed by atoms with Crippen LogP contribution in [0.3, 0.4) is 0 Å². The normalized spacial score (nSPS) is 11.4. The summed E-state index contributed by atoms with van der Waals surface area (Å²) in [7, 11) is 3.06. The largest absolute Gasteiger partial charge is 0.379 e. The van der Waals surface area contributed by atoms with Crippen LogP contribution >= 0.6 is 0 Å². The van der Waals surface area contributed by atoms with Gasteiger partial charge in [0.15, 0.2) is 0 Å². The molecule has 154 valence electrons. The third-order valence-corrected chi connectivity index (χ3v) is 4.87. The molecule has 2 aromatic rings. The second-order valence-corrected chi connectivity index (χ2v) is 7.33. The maximum atomic E-state index is 12.6. The van der Waals surface area contributed by atoms with Crippen molar-refractivity contribution in [3.8, 4) is 0 Å². The van der Waals surface area contributed by atoms with Gasteiger partial charge in [-0.2, -0.15) is 0 Å². The predicted molar refractivity (Wildman–Crippen MR) is 109 cm³/mol. The summed E-state index contributed by atoms with van der Waals surface area (Å²) in [6, 6.07) is 0. The molecule has 2 heterocycles. The lowest BCUT2D eigenvalue weighted by atomic mass is 10.00. The van der Waals surface area contributed by atoms with Gasteiger partial charge in [0, 0.05) is 39.4 Å². The molecule has 0 atom stereocenters. The van der Waals surface area contributed by atoms with Gasteiger partial charge in [-0.3, -0.25) is 18.7 Å². The first-order valence-electron chi connectivity index (χ1n) is 9.59. The van der Waals surface area contributed by atoms with Gasteiger partial charge < -0.3 is 10.1 Å². The number of rotatable bonds is 8. The summed E-state index contributed by atoms with van der Waals surface area (Å²) in [5.41, 5.74) is 1.99. The van der Waals surface area contributed by atoms with Crippen molar-refractivity contribution in [3.05, 3.63) is 37.7 Å². The van der Waals surface area contributed by atoms with E-state index in [0.29, 0.717) is 37.0 Å². The third-order valence-electron chi connectivity index (χ3n) is 4.87. The fourth-order valence-electron chi connectivity index (χ4n) is 3.26. The summed E-state index contributed by atoms with van der Waals surface area (Å²) >= 11 is 0. The van der Waals surface area contributed by atoms with Crippen molar-refractivity contribution in [1.82, 2.24) is 19.4 Å². The van der Waals surface area contributed by atoms with Gasteiger partial charge in [0.2, 0.25) is 5.91 Å². The minimum absolute atomic E-state index is 0.0446. The number of carbonyl (C=O) groups is 1. The first-order valence-corrected chi connectivity index (χ1v) is 9.59. The molecule has 0 saturated heterocycles. The summed E-state index contributed by atoms with van der Waals surface area (Å²) in [5.74, 6) is -0.0446. The topological polar surface area (TPSA) is 95.2 Å². The standard InChI is InChI=1S/C20H30N4O4/c1-12(2)28-11-7-10-21-16(25)9-8-15-13(3)17-18(22-14(15)4)23(5)20(27)24(6)19(17)26/h12H,7-11H2,1-6H3,(H,21,25). The Morgan fingerprint density at radius 3 is 2.50 bits per heavy atom. The molecule has 0 aromatic carbocycles. The van der Waals surface area contributed by atoms with E-state index in [0.717, 1.165) is 27.8 Å². The molecule has 1 N–H and O–H groups in total. The highest BCUT2D eigenvalue weighted by atomic mass is 16.5. The fourth-order valence-corrected chi connectivity index (χ4v) is 3.26. The zero-order chi connectivity index (χ0) is 21.0.